The van der Waals surface area contributed by atoms with Crippen molar-refractivity contribution < 1.29 is 19.2 Å². The number of carboxylic acid groups (broad SMARTS) is 1. The van der Waals surface area contributed by atoms with Crippen LogP contribution in [0.15, 0.2) is 22.7 Å². The maximum Gasteiger partial charge on any atom is 0.335 e. The van der Waals surface area contributed by atoms with E-state index in [0.717, 1.165) is 3.57 Å². The van der Waals surface area contributed by atoms with Crippen molar-refractivity contribution in [2.24, 2.45) is 0 Å². The molecule has 2 rings (SSSR count). The van der Waals surface area contributed by atoms with Crippen molar-refractivity contribution in [2.45, 2.75) is 26.4 Å². The van der Waals surface area contributed by atoms with E-state index in [1.807, 2.05) is 13.8 Å². The summed E-state index contributed by atoms with van der Waals surface area (Å²) in [7, 11) is 0. The molecule has 0 aliphatic rings. The Hall–Kier alpha value is -1.64. The number of hydrogen-bond acceptors (Lipinski definition) is 5. The van der Waals surface area contributed by atoms with Gasteiger partial charge in [-0.3, -0.25) is 0 Å². The van der Waals surface area contributed by atoms with E-state index < -0.39 is 5.97 Å². The summed E-state index contributed by atoms with van der Waals surface area (Å²) in [6, 6.07) is 4.69. The fourth-order valence-corrected chi connectivity index (χ4v) is 1.94. The van der Waals surface area contributed by atoms with Gasteiger partial charge in [0, 0.05) is 5.92 Å². The van der Waals surface area contributed by atoms with Gasteiger partial charge in [-0.25, -0.2) is 4.79 Å². The fraction of sp³-hybridized carbons (Fsp3) is 0.308. The minimum absolute atomic E-state index is 0.110. The van der Waals surface area contributed by atoms with Gasteiger partial charge in [-0.1, -0.05) is 19.0 Å². The summed E-state index contributed by atoms with van der Waals surface area (Å²) >= 11 is 2.07. The number of carbonyl (C=O) groups is 1. The maximum atomic E-state index is 10.9. The Balaban J connectivity index is 2.09. The van der Waals surface area contributed by atoms with Crippen LogP contribution in [0.3, 0.4) is 0 Å². The lowest BCUT2D eigenvalue weighted by Gasteiger charge is -2.06. The molecule has 0 unspecified atom stereocenters. The molecule has 7 heteroatoms. The second-order valence-corrected chi connectivity index (χ2v) is 5.60. The molecule has 6 nitrogen and oxygen atoms in total. The van der Waals surface area contributed by atoms with Gasteiger partial charge in [0.15, 0.2) is 12.4 Å². The largest absolute Gasteiger partial charge is 0.483 e. The summed E-state index contributed by atoms with van der Waals surface area (Å²) in [5, 5.41) is 12.8. The number of aromatic nitrogens is 2. The first kappa shape index (κ1) is 14.8. The molecule has 20 heavy (non-hydrogen) atoms. The third-order valence-electron chi connectivity index (χ3n) is 2.53. The molecule has 0 bridgehead atoms. The molecule has 0 spiro atoms. The van der Waals surface area contributed by atoms with E-state index in [9.17, 15) is 4.79 Å². The van der Waals surface area contributed by atoms with Gasteiger partial charge in [0.25, 0.3) is 5.89 Å². The molecule has 0 aliphatic heterocycles. The first-order valence-electron chi connectivity index (χ1n) is 5.95. The first-order chi connectivity index (χ1) is 9.47. The predicted molar refractivity (Wildman–Crippen MR) is 78.8 cm³/mol. The normalized spacial score (nSPS) is 10.8. The monoisotopic (exact) mass is 388 g/mol. The highest BCUT2D eigenvalue weighted by molar-refractivity contribution is 14.1. The van der Waals surface area contributed by atoms with E-state index in [1.165, 1.54) is 12.1 Å². The maximum absolute atomic E-state index is 10.9. The Kier molecular flexibility index (Phi) is 4.58. The van der Waals surface area contributed by atoms with E-state index in [1.54, 1.807) is 6.07 Å². The third-order valence-corrected chi connectivity index (χ3v) is 3.42. The van der Waals surface area contributed by atoms with Crippen LogP contribution in [-0.4, -0.2) is 21.2 Å². The first-order valence-corrected chi connectivity index (χ1v) is 7.03. The Labute approximate surface area is 129 Å². The molecule has 106 valence electrons. The third kappa shape index (κ3) is 3.47. The highest BCUT2D eigenvalue weighted by atomic mass is 127. The lowest BCUT2D eigenvalue weighted by atomic mass is 10.2. The summed E-state index contributed by atoms with van der Waals surface area (Å²) < 4.78 is 11.4. The van der Waals surface area contributed by atoms with E-state index in [2.05, 4.69) is 32.7 Å². The summed E-state index contributed by atoms with van der Waals surface area (Å²) in [6.45, 7) is 4.04. The lowest BCUT2D eigenvalue weighted by molar-refractivity contribution is 0.0696. The van der Waals surface area contributed by atoms with Crippen molar-refractivity contribution in [3.05, 3.63) is 39.0 Å². The topological polar surface area (TPSA) is 85.5 Å². The van der Waals surface area contributed by atoms with Crippen LogP contribution in [0.4, 0.5) is 0 Å². The van der Waals surface area contributed by atoms with Crippen LogP contribution in [0.2, 0.25) is 0 Å². The van der Waals surface area contributed by atoms with E-state index in [0.29, 0.717) is 17.5 Å². The van der Waals surface area contributed by atoms with Crippen molar-refractivity contribution in [3.8, 4) is 5.75 Å². The quantitative estimate of drug-likeness (QED) is 0.793. The Morgan fingerprint density at radius 2 is 2.25 bits per heavy atom. The molecule has 0 saturated carbocycles. The molecule has 2 aromatic rings. The number of benzene rings is 1. The Morgan fingerprint density at radius 1 is 1.50 bits per heavy atom. The van der Waals surface area contributed by atoms with Crippen molar-refractivity contribution in [3.63, 3.8) is 0 Å². The van der Waals surface area contributed by atoms with Crippen molar-refractivity contribution in [1.82, 2.24) is 10.1 Å². The summed E-state index contributed by atoms with van der Waals surface area (Å²) in [5.41, 5.74) is 0.175. The van der Waals surface area contributed by atoms with Crippen LogP contribution in [0, 0.1) is 3.57 Å². The van der Waals surface area contributed by atoms with Gasteiger partial charge in [-0.05, 0) is 40.8 Å². The van der Waals surface area contributed by atoms with E-state index in [4.69, 9.17) is 14.4 Å². The highest BCUT2D eigenvalue weighted by Gasteiger charge is 2.12. The smallest absolute Gasteiger partial charge is 0.335 e. The van der Waals surface area contributed by atoms with Gasteiger partial charge in [-0.2, -0.15) is 4.98 Å². The zero-order chi connectivity index (χ0) is 14.7. The average Bonchev–Trinajstić information content (AvgIpc) is 2.86. The summed E-state index contributed by atoms with van der Waals surface area (Å²) in [4.78, 5) is 15.1. The van der Waals surface area contributed by atoms with Crippen molar-refractivity contribution >= 4 is 28.6 Å². The van der Waals surface area contributed by atoms with Gasteiger partial charge < -0.3 is 14.4 Å². The lowest BCUT2D eigenvalue weighted by Crippen LogP contribution is -2.01. The molecule has 1 aromatic carbocycles. The second-order valence-electron chi connectivity index (χ2n) is 4.44. The van der Waals surface area contributed by atoms with Gasteiger partial charge in [-0.15, -0.1) is 0 Å². The molecule has 1 N–H and O–H groups in total. The van der Waals surface area contributed by atoms with Gasteiger partial charge >= 0.3 is 5.97 Å². The molecular formula is C13H13IN2O4. The SMILES string of the molecule is CC(C)c1noc(COc2cc(C(=O)O)ccc2I)n1. The zero-order valence-corrected chi connectivity index (χ0v) is 13.1. The number of carboxylic acids is 1. The van der Waals surface area contributed by atoms with Crippen molar-refractivity contribution in [1.29, 1.82) is 0 Å². The number of rotatable bonds is 5. The number of halogens is 1. The van der Waals surface area contributed by atoms with E-state index >= 15 is 0 Å². The molecule has 0 amide bonds. The molecule has 1 aromatic heterocycles. The molecule has 0 aliphatic carbocycles. The predicted octanol–water partition coefficient (Wildman–Crippen LogP) is 3.07. The number of aromatic carboxylic acids is 1. The molecule has 1 heterocycles. The molecular weight excluding hydrogens is 375 g/mol. The number of hydrogen-bond donors (Lipinski definition) is 1. The van der Waals surface area contributed by atoms with Crippen LogP contribution < -0.4 is 4.74 Å². The molecule has 0 saturated heterocycles. The average molecular weight is 388 g/mol. The van der Waals surface area contributed by atoms with Crippen LogP contribution in [-0.2, 0) is 6.61 Å². The standard InChI is InChI=1S/C13H13IN2O4/c1-7(2)12-15-11(20-16-12)6-19-10-5-8(13(17)18)3-4-9(10)14/h3-5,7H,6H2,1-2H3,(H,17,18). The van der Waals surface area contributed by atoms with Gasteiger partial charge in [0.05, 0.1) is 9.13 Å². The minimum Gasteiger partial charge on any atom is -0.483 e. The molecule has 0 atom stereocenters. The highest BCUT2D eigenvalue weighted by Crippen LogP contribution is 2.23. The number of ether oxygens (including phenoxy) is 1. The Morgan fingerprint density at radius 3 is 2.85 bits per heavy atom. The van der Waals surface area contributed by atoms with Gasteiger partial charge in [0.1, 0.15) is 5.75 Å². The molecule has 0 radical (unpaired) electrons. The van der Waals surface area contributed by atoms with Crippen LogP contribution >= 0.6 is 22.6 Å². The summed E-state index contributed by atoms with van der Waals surface area (Å²) in [5.74, 6) is 0.659. The molecule has 0 fully saturated rings. The van der Waals surface area contributed by atoms with E-state index in [-0.39, 0.29) is 18.1 Å². The van der Waals surface area contributed by atoms with Crippen LogP contribution in [0.25, 0.3) is 0 Å². The van der Waals surface area contributed by atoms with Crippen LogP contribution in [0.1, 0.15) is 41.8 Å². The zero-order valence-electron chi connectivity index (χ0n) is 11.0. The summed E-state index contributed by atoms with van der Waals surface area (Å²) in [6.07, 6.45) is 0. The number of nitrogens with zero attached hydrogens (tertiary/aromatic N) is 2. The van der Waals surface area contributed by atoms with Crippen LogP contribution in [0.5, 0.6) is 5.75 Å². The van der Waals surface area contributed by atoms with Gasteiger partial charge in [0.2, 0.25) is 0 Å². The Bertz CT molecular complexity index is 625. The minimum atomic E-state index is -0.994. The fourth-order valence-electron chi connectivity index (χ4n) is 1.45. The van der Waals surface area contributed by atoms with Crippen molar-refractivity contribution in [2.75, 3.05) is 0 Å². The second kappa shape index (κ2) is 6.21.